The summed E-state index contributed by atoms with van der Waals surface area (Å²) in [6.07, 6.45) is 1.76. The lowest BCUT2D eigenvalue weighted by Gasteiger charge is -2.07. The maximum atomic E-state index is 11.8. The number of aromatic nitrogens is 1. The predicted molar refractivity (Wildman–Crippen MR) is 65.3 cm³/mol. The van der Waals surface area contributed by atoms with Crippen LogP contribution in [-0.4, -0.2) is 33.7 Å². The van der Waals surface area contributed by atoms with Crippen molar-refractivity contribution in [2.24, 2.45) is 0 Å². The minimum Gasteiger partial charge on any atom is -0.385 e. The van der Waals surface area contributed by atoms with Gasteiger partial charge in [-0.25, -0.2) is 18.1 Å². The van der Waals surface area contributed by atoms with Gasteiger partial charge >= 0.3 is 0 Å². The molecule has 0 atom stereocenters. The zero-order valence-corrected chi connectivity index (χ0v) is 10.9. The summed E-state index contributed by atoms with van der Waals surface area (Å²) < 4.78 is 30.8. The molecule has 0 fully saturated rings. The summed E-state index contributed by atoms with van der Waals surface area (Å²) in [7, 11) is -2.03. The van der Waals surface area contributed by atoms with Crippen LogP contribution < -0.4 is 10.5 Å². The standard InChI is InChI=1S/C9H14ClN3O3S/c1-16-4-2-3-13-17(14,15)7-5-8(10)9(11)12-6-7/h5-6,13H,2-4H2,1H3,(H2,11,12). The second-order valence-electron chi connectivity index (χ2n) is 3.28. The molecule has 6 nitrogen and oxygen atoms in total. The number of nitrogens with one attached hydrogen (secondary N) is 1. The van der Waals surface area contributed by atoms with Gasteiger partial charge in [-0.05, 0) is 12.5 Å². The monoisotopic (exact) mass is 279 g/mol. The highest BCUT2D eigenvalue weighted by molar-refractivity contribution is 7.89. The second kappa shape index (κ2) is 6.15. The Morgan fingerprint density at radius 1 is 1.59 bits per heavy atom. The number of nitrogen functional groups attached to an aromatic ring is 1. The molecule has 0 aliphatic rings. The Hall–Kier alpha value is -0.890. The first-order chi connectivity index (χ1) is 7.97. The number of pyridine rings is 1. The Bertz CT molecular complexity index is 478. The van der Waals surface area contributed by atoms with Crippen LogP contribution in [0.1, 0.15) is 6.42 Å². The molecule has 1 rings (SSSR count). The number of hydrogen-bond acceptors (Lipinski definition) is 5. The Morgan fingerprint density at radius 3 is 2.88 bits per heavy atom. The fraction of sp³-hybridized carbons (Fsp3) is 0.444. The van der Waals surface area contributed by atoms with E-state index < -0.39 is 10.0 Å². The van der Waals surface area contributed by atoms with Crippen LogP contribution in [0.2, 0.25) is 5.02 Å². The van der Waals surface area contributed by atoms with Crippen LogP contribution in [0, 0.1) is 0 Å². The van der Waals surface area contributed by atoms with Crippen molar-refractivity contribution in [2.45, 2.75) is 11.3 Å². The number of ether oxygens (including phenoxy) is 1. The van der Waals surface area contributed by atoms with E-state index in [1.165, 1.54) is 12.3 Å². The maximum absolute atomic E-state index is 11.8. The van der Waals surface area contributed by atoms with Crippen LogP contribution in [0.4, 0.5) is 5.82 Å². The minimum absolute atomic E-state index is 0.00545. The third-order valence-electron chi connectivity index (χ3n) is 1.97. The van der Waals surface area contributed by atoms with Gasteiger partial charge in [0.05, 0.1) is 5.02 Å². The van der Waals surface area contributed by atoms with Crippen molar-refractivity contribution in [1.29, 1.82) is 0 Å². The summed E-state index contributed by atoms with van der Waals surface area (Å²) in [5.41, 5.74) is 5.40. The molecule has 0 saturated carbocycles. The zero-order chi connectivity index (χ0) is 12.9. The first-order valence-corrected chi connectivity index (χ1v) is 6.73. The molecule has 0 aliphatic carbocycles. The molecule has 8 heteroatoms. The summed E-state index contributed by atoms with van der Waals surface area (Å²) in [5, 5.41) is 0.116. The van der Waals surface area contributed by atoms with E-state index >= 15 is 0 Å². The van der Waals surface area contributed by atoms with E-state index in [-0.39, 0.29) is 22.3 Å². The SMILES string of the molecule is COCCCNS(=O)(=O)c1cnc(N)c(Cl)c1. The number of methoxy groups -OCH3 is 1. The lowest BCUT2D eigenvalue weighted by molar-refractivity contribution is 0.196. The average molecular weight is 280 g/mol. The summed E-state index contributed by atoms with van der Waals surface area (Å²) in [5.74, 6) is 0.102. The average Bonchev–Trinajstić information content (AvgIpc) is 2.28. The lowest BCUT2D eigenvalue weighted by Crippen LogP contribution is -2.25. The molecule has 3 N–H and O–H groups in total. The van der Waals surface area contributed by atoms with Gasteiger partial charge in [0.1, 0.15) is 10.7 Å². The summed E-state index contributed by atoms with van der Waals surface area (Å²) in [4.78, 5) is 3.69. The Kier molecular flexibility index (Phi) is 5.13. The van der Waals surface area contributed by atoms with E-state index in [9.17, 15) is 8.42 Å². The molecule has 0 amide bonds. The van der Waals surface area contributed by atoms with Gasteiger partial charge in [-0.2, -0.15) is 0 Å². The molecule has 0 bridgehead atoms. The summed E-state index contributed by atoms with van der Waals surface area (Å²) in [6.45, 7) is 0.779. The summed E-state index contributed by atoms with van der Waals surface area (Å²) >= 11 is 5.70. The Morgan fingerprint density at radius 2 is 2.29 bits per heavy atom. The molecule has 96 valence electrons. The van der Waals surface area contributed by atoms with Crippen molar-refractivity contribution in [1.82, 2.24) is 9.71 Å². The first-order valence-electron chi connectivity index (χ1n) is 4.87. The molecular weight excluding hydrogens is 266 g/mol. The minimum atomic E-state index is -3.59. The van der Waals surface area contributed by atoms with Crippen molar-refractivity contribution in [3.05, 3.63) is 17.3 Å². The molecule has 0 aromatic carbocycles. The quantitative estimate of drug-likeness (QED) is 0.745. The van der Waals surface area contributed by atoms with Gasteiger partial charge in [-0.15, -0.1) is 0 Å². The highest BCUT2D eigenvalue weighted by Crippen LogP contribution is 2.19. The van der Waals surface area contributed by atoms with E-state index in [1.807, 2.05) is 0 Å². The topological polar surface area (TPSA) is 94.3 Å². The van der Waals surface area contributed by atoms with E-state index in [0.717, 1.165) is 0 Å². The number of anilines is 1. The van der Waals surface area contributed by atoms with Crippen LogP contribution in [0.3, 0.4) is 0 Å². The molecule has 0 saturated heterocycles. The van der Waals surface area contributed by atoms with Gasteiger partial charge in [0.2, 0.25) is 10.0 Å². The van der Waals surface area contributed by atoms with Crippen LogP contribution in [0.5, 0.6) is 0 Å². The zero-order valence-electron chi connectivity index (χ0n) is 9.31. The number of nitrogens with zero attached hydrogens (tertiary/aromatic N) is 1. The molecule has 0 unspecified atom stereocenters. The van der Waals surface area contributed by atoms with Crippen LogP contribution >= 0.6 is 11.6 Å². The van der Waals surface area contributed by atoms with Gasteiger partial charge in [-0.1, -0.05) is 11.6 Å². The van der Waals surface area contributed by atoms with E-state index in [0.29, 0.717) is 13.0 Å². The number of nitrogens with two attached hydrogens (primary N) is 1. The molecule has 0 spiro atoms. The summed E-state index contributed by atoms with van der Waals surface area (Å²) in [6, 6.07) is 1.27. The normalized spacial score (nSPS) is 11.6. The van der Waals surface area contributed by atoms with Crippen LogP contribution in [-0.2, 0) is 14.8 Å². The molecule has 0 radical (unpaired) electrons. The number of hydrogen-bond donors (Lipinski definition) is 2. The van der Waals surface area contributed by atoms with E-state index in [1.54, 1.807) is 7.11 Å². The number of rotatable bonds is 6. The van der Waals surface area contributed by atoms with Gasteiger partial charge in [0, 0.05) is 26.5 Å². The molecule has 1 heterocycles. The number of sulfonamides is 1. The molecule has 17 heavy (non-hydrogen) atoms. The Labute approximate surface area is 105 Å². The first kappa shape index (κ1) is 14.2. The largest absolute Gasteiger partial charge is 0.385 e. The van der Waals surface area contributed by atoms with Gasteiger partial charge in [0.25, 0.3) is 0 Å². The van der Waals surface area contributed by atoms with Crippen molar-refractivity contribution in [2.75, 3.05) is 26.0 Å². The van der Waals surface area contributed by atoms with Gasteiger partial charge in [0.15, 0.2) is 0 Å². The second-order valence-corrected chi connectivity index (χ2v) is 5.46. The van der Waals surface area contributed by atoms with Crippen LogP contribution in [0.25, 0.3) is 0 Å². The fourth-order valence-electron chi connectivity index (χ4n) is 1.08. The van der Waals surface area contributed by atoms with Crippen molar-refractivity contribution in [3.8, 4) is 0 Å². The highest BCUT2D eigenvalue weighted by atomic mass is 35.5. The molecule has 0 aliphatic heterocycles. The third kappa shape index (κ3) is 4.12. The lowest BCUT2D eigenvalue weighted by atomic mass is 10.5. The van der Waals surface area contributed by atoms with Crippen molar-refractivity contribution >= 4 is 27.4 Å². The maximum Gasteiger partial charge on any atom is 0.242 e. The molecule has 1 aromatic heterocycles. The van der Waals surface area contributed by atoms with Crippen molar-refractivity contribution < 1.29 is 13.2 Å². The predicted octanol–water partition coefficient (Wildman–Crippen LogP) is 0.632. The molecule has 1 aromatic rings. The van der Waals surface area contributed by atoms with Gasteiger partial charge < -0.3 is 10.5 Å². The molecular formula is C9H14ClN3O3S. The van der Waals surface area contributed by atoms with E-state index in [4.69, 9.17) is 22.1 Å². The Balaban J connectivity index is 2.72. The van der Waals surface area contributed by atoms with Crippen molar-refractivity contribution in [3.63, 3.8) is 0 Å². The highest BCUT2D eigenvalue weighted by Gasteiger charge is 2.15. The van der Waals surface area contributed by atoms with Crippen LogP contribution in [0.15, 0.2) is 17.2 Å². The van der Waals surface area contributed by atoms with Gasteiger partial charge in [-0.3, -0.25) is 0 Å². The fourth-order valence-corrected chi connectivity index (χ4v) is 2.36. The van der Waals surface area contributed by atoms with E-state index in [2.05, 4.69) is 9.71 Å². The third-order valence-corrected chi connectivity index (χ3v) is 3.70. The smallest absolute Gasteiger partial charge is 0.242 e. The number of halogens is 1.